The Balaban J connectivity index is 1.79. The van der Waals surface area contributed by atoms with Gasteiger partial charge in [0, 0.05) is 10.7 Å². The summed E-state index contributed by atoms with van der Waals surface area (Å²) in [6.07, 6.45) is 6.64. The molecule has 0 saturated heterocycles. The van der Waals surface area contributed by atoms with Crippen molar-refractivity contribution in [2.45, 2.75) is 51.0 Å². The molecule has 0 spiro atoms. The van der Waals surface area contributed by atoms with Crippen LogP contribution in [0.25, 0.3) is 10.1 Å². The van der Waals surface area contributed by atoms with Crippen molar-refractivity contribution in [3.8, 4) is 0 Å². The highest BCUT2D eigenvalue weighted by molar-refractivity contribution is 7.17. The van der Waals surface area contributed by atoms with E-state index in [0.29, 0.717) is 0 Å². The summed E-state index contributed by atoms with van der Waals surface area (Å²) in [5, 5.41) is 7.36. The van der Waals surface area contributed by atoms with Gasteiger partial charge in [0.2, 0.25) is 0 Å². The van der Waals surface area contributed by atoms with E-state index >= 15 is 0 Å². The van der Waals surface area contributed by atoms with Gasteiger partial charge in [0.1, 0.15) is 0 Å². The van der Waals surface area contributed by atoms with Crippen molar-refractivity contribution in [3.63, 3.8) is 0 Å². The molecular weight excluding hydrogens is 250 g/mol. The van der Waals surface area contributed by atoms with Crippen molar-refractivity contribution >= 4 is 21.4 Å². The highest BCUT2D eigenvalue weighted by Crippen LogP contribution is 2.38. The lowest BCUT2D eigenvalue weighted by molar-refractivity contribution is 0.341. The fraction of sp³-hybridized carbons (Fsp3) is 0.529. The van der Waals surface area contributed by atoms with Crippen LogP contribution in [0.2, 0.25) is 0 Å². The summed E-state index contributed by atoms with van der Waals surface area (Å²) in [4.78, 5) is 0. The van der Waals surface area contributed by atoms with Gasteiger partial charge in [0.05, 0.1) is 0 Å². The van der Waals surface area contributed by atoms with Crippen molar-refractivity contribution in [1.82, 2.24) is 5.32 Å². The first-order valence-electron chi connectivity index (χ1n) is 7.58. The standard InChI is InChI=1S/C17H23NS/c1-2-10-18-15-7-3-6-14(12-15)16-8-4-5-13-9-11-19-17(13)16/h4-5,8-9,11,14-15,18H,2-3,6-7,10,12H2,1H3. The van der Waals surface area contributed by atoms with Crippen LogP contribution in [-0.2, 0) is 0 Å². The topological polar surface area (TPSA) is 12.0 Å². The number of hydrogen-bond donors (Lipinski definition) is 1. The molecular formula is C17H23NS. The smallest absolute Gasteiger partial charge is 0.0377 e. The van der Waals surface area contributed by atoms with Gasteiger partial charge in [-0.05, 0) is 60.5 Å². The fourth-order valence-electron chi connectivity index (χ4n) is 3.34. The average Bonchev–Trinajstić information content (AvgIpc) is 2.93. The van der Waals surface area contributed by atoms with Gasteiger partial charge in [0.15, 0.2) is 0 Å². The first kappa shape index (κ1) is 13.1. The normalized spacial score (nSPS) is 23.8. The zero-order valence-electron chi connectivity index (χ0n) is 11.7. The van der Waals surface area contributed by atoms with E-state index in [2.05, 4.69) is 41.9 Å². The highest BCUT2D eigenvalue weighted by atomic mass is 32.1. The number of benzene rings is 1. The number of nitrogens with one attached hydrogen (secondary N) is 1. The minimum Gasteiger partial charge on any atom is -0.314 e. The van der Waals surface area contributed by atoms with Crippen LogP contribution in [0.15, 0.2) is 29.6 Å². The van der Waals surface area contributed by atoms with Crippen LogP contribution < -0.4 is 5.32 Å². The van der Waals surface area contributed by atoms with Crippen molar-refractivity contribution in [1.29, 1.82) is 0 Å². The van der Waals surface area contributed by atoms with Gasteiger partial charge in [-0.3, -0.25) is 0 Å². The SMILES string of the molecule is CCCNC1CCCC(c2cccc3ccsc23)C1. The molecule has 2 atom stereocenters. The Morgan fingerprint density at radius 1 is 1.26 bits per heavy atom. The molecule has 2 aromatic rings. The number of thiophene rings is 1. The van der Waals surface area contributed by atoms with Crippen LogP contribution in [0, 0.1) is 0 Å². The second-order valence-corrected chi connectivity index (χ2v) is 6.62. The van der Waals surface area contributed by atoms with Crippen molar-refractivity contribution in [3.05, 3.63) is 35.2 Å². The molecule has 1 N–H and O–H groups in total. The summed E-state index contributed by atoms with van der Waals surface area (Å²) >= 11 is 1.91. The van der Waals surface area contributed by atoms with Crippen LogP contribution in [0.3, 0.4) is 0 Å². The van der Waals surface area contributed by atoms with Gasteiger partial charge in [-0.15, -0.1) is 11.3 Å². The summed E-state index contributed by atoms with van der Waals surface area (Å²) in [6, 6.07) is 9.80. The Hall–Kier alpha value is -0.860. The van der Waals surface area contributed by atoms with Crippen LogP contribution >= 0.6 is 11.3 Å². The predicted octanol–water partition coefficient (Wildman–Crippen LogP) is 4.93. The van der Waals surface area contributed by atoms with E-state index in [4.69, 9.17) is 0 Å². The van der Waals surface area contributed by atoms with Crippen LogP contribution in [0.4, 0.5) is 0 Å². The van der Waals surface area contributed by atoms with Crippen molar-refractivity contribution < 1.29 is 0 Å². The zero-order valence-corrected chi connectivity index (χ0v) is 12.5. The zero-order chi connectivity index (χ0) is 13.1. The molecule has 102 valence electrons. The lowest BCUT2D eigenvalue weighted by Crippen LogP contribution is -2.34. The maximum atomic E-state index is 3.72. The molecule has 1 aromatic carbocycles. The lowest BCUT2D eigenvalue weighted by Gasteiger charge is -2.30. The van der Waals surface area contributed by atoms with Crippen molar-refractivity contribution in [2.24, 2.45) is 0 Å². The molecule has 19 heavy (non-hydrogen) atoms. The third-order valence-corrected chi connectivity index (χ3v) is 5.29. The summed E-state index contributed by atoms with van der Waals surface area (Å²) in [7, 11) is 0. The molecule has 2 heteroatoms. The van der Waals surface area contributed by atoms with Crippen LogP contribution in [0.5, 0.6) is 0 Å². The molecule has 0 amide bonds. The van der Waals surface area contributed by atoms with E-state index in [0.717, 1.165) is 12.0 Å². The van der Waals surface area contributed by atoms with E-state index in [-0.39, 0.29) is 0 Å². The van der Waals surface area contributed by atoms with E-state index in [9.17, 15) is 0 Å². The first-order chi connectivity index (χ1) is 9.38. The Labute approximate surface area is 120 Å². The quantitative estimate of drug-likeness (QED) is 0.833. The fourth-order valence-corrected chi connectivity index (χ4v) is 4.34. The summed E-state index contributed by atoms with van der Waals surface area (Å²) < 4.78 is 1.52. The maximum Gasteiger partial charge on any atom is 0.0377 e. The molecule has 1 heterocycles. The summed E-state index contributed by atoms with van der Waals surface area (Å²) in [5.74, 6) is 0.755. The molecule has 0 aliphatic heterocycles. The molecule has 1 aliphatic rings. The number of fused-ring (bicyclic) bond motifs is 1. The molecule has 1 aliphatic carbocycles. The van der Waals surface area contributed by atoms with E-state index in [1.54, 1.807) is 5.56 Å². The van der Waals surface area contributed by atoms with Gasteiger partial charge >= 0.3 is 0 Å². The third-order valence-electron chi connectivity index (χ3n) is 4.31. The first-order valence-corrected chi connectivity index (χ1v) is 8.46. The number of rotatable bonds is 4. The summed E-state index contributed by atoms with van der Waals surface area (Å²) in [5.41, 5.74) is 1.59. The summed E-state index contributed by atoms with van der Waals surface area (Å²) in [6.45, 7) is 3.42. The van der Waals surface area contributed by atoms with E-state index in [1.807, 2.05) is 11.3 Å². The largest absolute Gasteiger partial charge is 0.314 e. The molecule has 0 radical (unpaired) electrons. The van der Waals surface area contributed by atoms with E-state index in [1.165, 1.54) is 48.7 Å². The molecule has 1 nitrogen and oxygen atoms in total. The van der Waals surface area contributed by atoms with Gasteiger partial charge in [0.25, 0.3) is 0 Å². The molecule has 1 aromatic heterocycles. The van der Waals surface area contributed by atoms with E-state index < -0.39 is 0 Å². The van der Waals surface area contributed by atoms with Gasteiger partial charge < -0.3 is 5.32 Å². The molecule has 2 unspecified atom stereocenters. The molecule has 3 rings (SSSR count). The molecule has 1 saturated carbocycles. The van der Waals surface area contributed by atoms with Gasteiger partial charge in [-0.1, -0.05) is 31.5 Å². The van der Waals surface area contributed by atoms with Gasteiger partial charge in [-0.2, -0.15) is 0 Å². The second kappa shape index (κ2) is 6.06. The minimum atomic E-state index is 0.730. The molecule has 0 bridgehead atoms. The third kappa shape index (κ3) is 2.85. The predicted molar refractivity (Wildman–Crippen MR) is 85.1 cm³/mol. The maximum absolute atomic E-state index is 3.72. The molecule has 1 fully saturated rings. The van der Waals surface area contributed by atoms with Crippen LogP contribution in [-0.4, -0.2) is 12.6 Å². The Kier molecular flexibility index (Phi) is 4.19. The minimum absolute atomic E-state index is 0.730. The van der Waals surface area contributed by atoms with Gasteiger partial charge in [-0.25, -0.2) is 0 Å². The van der Waals surface area contributed by atoms with Crippen molar-refractivity contribution in [2.75, 3.05) is 6.54 Å². The monoisotopic (exact) mass is 273 g/mol. The highest BCUT2D eigenvalue weighted by Gasteiger charge is 2.24. The lowest BCUT2D eigenvalue weighted by atomic mass is 9.81. The Bertz CT molecular complexity index is 531. The second-order valence-electron chi connectivity index (χ2n) is 5.70. The number of hydrogen-bond acceptors (Lipinski definition) is 2. The average molecular weight is 273 g/mol. The Morgan fingerprint density at radius 2 is 2.21 bits per heavy atom. The van der Waals surface area contributed by atoms with Crippen LogP contribution in [0.1, 0.15) is 50.5 Å². The Morgan fingerprint density at radius 3 is 3.11 bits per heavy atom.